The third-order valence-electron chi connectivity index (χ3n) is 5.38. The molecule has 1 aliphatic heterocycles. The summed E-state index contributed by atoms with van der Waals surface area (Å²) in [7, 11) is 0. The second-order valence-corrected chi connectivity index (χ2v) is 7.12. The van der Waals surface area contributed by atoms with Crippen LogP contribution in [0.3, 0.4) is 0 Å². The molecule has 7 nitrogen and oxygen atoms in total. The number of nitrogens with zero attached hydrogens (tertiary/aromatic N) is 4. The van der Waals surface area contributed by atoms with Crippen LogP contribution < -0.4 is 5.56 Å². The second kappa shape index (κ2) is 6.30. The Labute approximate surface area is 151 Å². The molecule has 4 heterocycles. The SMILES string of the molecule is CCn1c2cc(C)oc2c2cnn(CC(=O)N3CCCC[C@H]3C)c(=O)c21. The zero-order valence-corrected chi connectivity index (χ0v) is 15.5. The molecule has 0 bridgehead atoms. The first-order chi connectivity index (χ1) is 12.5. The summed E-state index contributed by atoms with van der Waals surface area (Å²) in [5.41, 5.74) is 1.89. The predicted molar refractivity (Wildman–Crippen MR) is 99.2 cm³/mol. The van der Waals surface area contributed by atoms with Crippen LogP contribution in [0.25, 0.3) is 22.0 Å². The molecule has 0 saturated carbocycles. The number of aromatic nitrogens is 3. The molecular formula is C19H24N4O3. The van der Waals surface area contributed by atoms with Crippen molar-refractivity contribution in [3.8, 4) is 0 Å². The van der Waals surface area contributed by atoms with Crippen molar-refractivity contribution in [3.63, 3.8) is 0 Å². The largest absolute Gasteiger partial charge is 0.459 e. The third-order valence-corrected chi connectivity index (χ3v) is 5.38. The first-order valence-corrected chi connectivity index (χ1v) is 9.29. The Kier molecular flexibility index (Phi) is 4.09. The van der Waals surface area contributed by atoms with Crippen molar-refractivity contribution in [2.75, 3.05) is 6.54 Å². The van der Waals surface area contributed by atoms with Gasteiger partial charge in [0.15, 0.2) is 5.58 Å². The number of carbonyl (C=O) groups is 1. The summed E-state index contributed by atoms with van der Waals surface area (Å²) >= 11 is 0. The fourth-order valence-electron chi connectivity index (χ4n) is 4.05. The van der Waals surface area contributed by atoms with E-state index in [0.29, 0.717) is 23.0 Å². The van der Waals surface area contributed by atoms with E-state index in [2.05, 4.69) is 12.0 Å². The number of fused-ring (bicyclic) bond motifs is 3. The van der Waals surface area contributed by atoms with E-state index in [1.165, 1.54) is 4.68 Å². The highest BCUT2D eigenvalue weighted by molar-refractivity contribution is 6.04. The van der Waals surface area contributed by atoms with Crippen molar-refractivity contribution in [3.05, 3.63) is 28.4 Å². The zero-order valence-electron chi connectivity index (χ0n) is 15.5. The van der Waals surface area contributed by atoms with Crippen LogP contribution in [0.2, 0.25) is 0 Å². The molecule has 1 saturated heterocycles. The van der Waals surface area contributed by atoms with Crippen LogP contribution in [0.15, 0.2) is 21.5 Å². The molecule has 0 aromatic carbocycles. The number of likely N-dealkylation sites (tertiary alicyclic amines) is 1. The van der Waals surface area contributed by atoms with E-state index in [9.17, 15) is 9.59 Å². The lowest BCUT2D eigenvalue weighted by Crippen LogP contribution is -2.45. The zero-order chi connectivity index (χ0) is 18.4. The van der Waals surface area contributed by atoms with Gasteiger partial charge in [0.25, 0.3) is 5.56 Å². The summed E-state index contributed by atoms with van der Waals surface area (Å²) in [5.74, 6) is 0.762. The molecule has 138 valence electrons. The maximum atomic E-state index is 13.0. The molecule has 0 radical (unpaired) electrons. The molecular weight excluding hydrogens is 332 g/mol. The van der Waals surface area contributed by atoms with Gasteiger partial charge in [-0.2, -0.15) is 5.10 Å². The summed E-state index contributed by atoms with van der Waals surface area (Å²) in [5, 5.41) is 4.96. The smallest absolute Gasteiger partial charge is 0.291 e. The normalized spacial score (nSPS) is 18.1. The highest BCUT2D eigenvalue weighted by Crippen LogP contribution is 2.29. The van der Waals surface area contributed by atoms with Crippen LogP contribution in [0, 0.1) is 6.92 Å². The van der Waals surface area contributed by atoms with Crippen molar-refractivity contribution < 1.29 is 9.21 Å². The van der Waals surface area contributed by atoms with Gasteiger partial charge < -0.3 is 13.9 Å². The van der Waals surface area contributed by atoms with Crippen LogP contribution in [0.1, 0.15) is 38.9 Å². The lowest BCUT2D eigenvalue weighted by atomic mass is 10.0. The minimum Gasteiger partial charge on any atom is -0.459 e. The molecule has 3 aromatic rings. The van der Waals surface area contributed by atoms with Gasteiger partial charge in [0.05, 0.1) is 17.1 Å². The third kappa shape index (κ3) is 2.53. The van der Waals surface area contributed by atoms with E-state index >= 15 is 0 Å². The average molecular weight is 356 g/mol. The topological polar surface area (TPSA) is 73.3 Å². The van der Waals surface area contributed by atoms with Crippen molar-refractivity contribution in [1.82, 2.24) is 19.2 Å². The summed E-state index contributed by atoms with van der Waals surface area (Å²) < 4.78 is 8.99. The van der Waals surface area contributed by atoms with Gasteiger partial charge in [-0.25, -0.2) is 4.68 Å². The lowest BCUT2D eigenvalue weighted by molar-refractivity contribution is -0.135. The molecule has 3 aromatic heterocycles. The number of rotatable bonds is 3. The Morgan fingerprint density at radius 3 is 2.92 bits per heavy atom. The summed E-state index contributed by atoms with van der Waals surface area (Å²) in [6.07, 6.45) is 4.83. The Balaban J connectivity index is 1.76. The highest BCUT2D eigenvalue weighted by Gasteiger charge is 2.25. The number of aryl methyl sites for hydroxylation is 2. The molecule has 1 fully saturated rings. The van der Waals surface area contributed by atoms with Gasteiger partial charge in [0.1, 0.15) is 17.8 Å². The van der Waals surface area contributed by atoms with Crippen LogP contribution >= 0.6 is 0 Å². The minimum absolute atomic E-state index is 0.0194. The maximum absolute atomic E-state index is 13.0. The molecule has 1 amide bonds. The van der Waals surface area contributed by atoms with Crippen molar-refractivity contribution in [2.45, 2.75) is 59.2 Å². The molecule has 0 N–H and O–H groups in total. The first-order valence-electron chi connectivity index (χ1n) is 9.29. The van der Waals surface area contributed by atoms with E-state index < -0.39 is 0 Å². The molecule has 26 heavy (non-hydrogen) atoms. The number of amides is 1. The van der Waals surface area contributed by atoms with Crippen LogP contribution in [-0.4, -0.2) is 37.7 Å². The number of carbonyl (C=O) groups excluding carboxylic acids is 1. The Hall–Kier alpha value is -2.57. The number of hydrogen-bond donors (Lipinski definition) is 0. The number of hydrogen-bond acceptors (Lipinski definition) is 4. The molecule has 7 heteroatoms. The van der Waals surface area contributed by atoms with Gasteiger partial charge >= 0.3 is 0 Å². The van der Waals surface area contributed by atoms with Gasteiger partial charge in [-0.1, -0.05) is 0 Å². The second-order valence-electron chi connectivity index (χ2n) is 7.12. The van der Waals surface area contributed by atoms with Crippen molar-refractivity contribution in [1.29, 1.82) is 0 Å². The van der Waals surface area contributed by atoms with Gasteiger partial charge in [-0.3, -0.25) is 9.59 Å². The van der Waals surface area contributed by atoms with Gasteiger partial charge in [0, 0.05) is 25.2 Å². The highest BCUT2D eigenvalue weighted by atomic mass is 16.3. The molecule has 1 atom stereocenters. The monoisotopic (exact) mass is 356 g/mol. The van der Waals surface area contributed by atoms with Crippen LogP contribution in [0.4, 0.5) is 0 Å². The summed E-state index contributed by atoms with van der Waals surface area (Å²) in [4.78, 5) is 27.6. The Bertz CT molecular complexity index is 1040. The van der Waals surface area contributed by atoms with Crippen LogP contribution in [0.5, 0.6) is 0 Å². The predicted octanol–water partition coefficient (Wildman–Crippen LogP) is 2.67. The lowest BCUT2D eigenvalue weighted by Gasteiger charge is -2.33. The van der Waals surface area contributed by atoms with Gasteiger partial charge in [0.2, 0.25) is 5.91 Å². The Morgan fingerprint density at radius 1 is 1.38 bits per heavy atom. The summed E-state index contributed by atoms with van der Waals surface area (Å²) in [6.45, 7) is 7.33. The van der Waals surface area contributed by atoms with Crippen molar-refractivity contribution >= 4 is 27.9 Å². The first kappa shape index (κ1) is 16.9. The molecule has 0 unspecified atom stereocenters. The van der Waals surface area contributed by atoms with Gasteiger partial charge in [-0.05, 0) is 40.0 Å². The number of furan rings is 1. The van der Waals surface area contributed by atoms with E-state index in [0.717, 1.165) is 37.1 Å². The van der Waals surface area contributed by atoms with Crippen LogP contribution in [-0.2, 0) is 17.9 Å². The number of piperidine rings is 1. The molecule has 4 rings (SSSR count). The maximum Gasteiger partial charge on any atom is 0.291 e. The fourth-order valence-corrected chi connectivity index (χ4v) is 4.05. The molecule has 0 aliphatic carbocycles. The quantitative estimate of drug-likeness (QED) is 0.723. The van der Waals surface area contributed by atoms with E-state index in [4.69, 9.17) is 4.42 Å². The molecule has 0 spiro atoms. The van der Waals surface area contributed by atoms with Crippen molar-refractivity contribution in [2.24, 2.45) is 0 Å². The van der Waals surface area contributed by atoms with Gasteiger partial charge in [-0.15, -0.1) is 0 Å². The fraction of sp³-hybridized carbons (Fsp3) is 0.526. The standard InChI is InChI=1S/C19H24N4O3/c1-4-21-15-9-13(3)26-18(15)14-10-20-23(19(25)17(14)21)11-16(24)22-8-6-5-7-12(22)2/h9-10,12H,4-8,11H2,1-3H3/t12-/m1/s1. The average Bonchev–Trinajstić information content (AvgIpc) is 3.12. The minimum atomic E-state index is -0.244. The van der Waals surface area contributed by atoms with E-state index in [1.807, 2.05) is 29.4 Å². The van der Waals surface area contributed by atoms with E-state index in [1.54, 1.807) is 6.20 Å². The van der Waals surface area contributed by atoms with E-state index in [-0.39, 0.29) is 24.1 Å². The molecule has 1 aliphatic rings. The Morgan fingerprint density at radius 2 is 2.19 bits per heavy atom. The summed E-state index contributed by atoms with van der Waals surface area (Å²) in [6, 6.07) is 2.16.